The molecule has 0 aliphatic heterocycles. The summed E-state index contributed by atoms with van der Waals surface area (Å²) in [6, 6.07) is 0. The Morgan fingerprint density at radius 3 is 0.722 bits per heavy atom. The summed E-state index contributed by atoms with van der Waals surface area (Å²) in [5.74, 6) is 0. The van der Waals surface area contributed by atoms with Crippen molar-refractivity contribution in [2.75, 3.05) is 0 Å². The van der Waals surface area contributed by atoms with Gasteiger partial charge in [0.1, 0.15) is 0 Å². The second kappa shape index (κ2) is 8.40. The molecule has 2 N–H and O–H groups in total. The minimum absolute atomic E-state index is 0. The molecule has 0 bridgehead atoms. The molecule has 0 atom stereocenters. The predicted octanol–water partition coefficient (Wildman–Crippen LogP) is -1.58. The molecule has 0 rings (SSSR count). The molecule has 0 saturated heterocycles. The summed E-state index contributed by atoms with van der Waals surface area (Å²) in [4.78, 5) is 0. The second-order valence-electron chi connectivity index (χ2n) is 1.84. The van der Waals surface area contributed by atoms with Gasteiger partial charge in [-0.3, -0.25) is 9.11 Å². The van der Waals surface area contributed by atoms with Crippen LogP contribution in [0, 0.1) is 0 Å². The average Bonchev–Trinajstić information content (AvgIpc) is 1.77. The van der Waals surface area contributed by atoms with Crippen LogP contribution in [0.15, 0.2) is 0 Å². The van der Waals surface area contributed by atoms with Crippen molar-refractivity contribution in [2.24, 2.45) is 0 Å². The Morgan fingerprint density at radius 2 is 0.722 bits per heavy atom. The van der Waals surface area contributed by atoms with Gasteiger partial charge in [-0.15, -0.1) is 0 Å². The van der Waals surface area contributed by atoms with E-state index in [1.165, 1.54) is 0 Å². The summed E-state index contributed by atoms with van der Waals surface area (Å²) in [7, 11) is -11.7. The van der Waals surface area contributed by atoms with E-state index in [0.29, 0.717) is 0 Å². The molecule has 18 heavy (non-hydrogen) atoms. The molecule has 0 aliphatic carbocycles. The van der Waals surface area contributed by atoms with Crippen molar-refractivity contribution in [1.82, 2.24) is 0 Å². The molecular formula is C2H8BiF6O6S2Sb. The van der Waals surface area contributed by atoms with Crippen molar-refractivity contribution in [1.29, 1.82) is 0 Å². The molecule has 0 heterocycles. The molecule has 0 spiro atoms. The monoisotopic (exact) mass is 636 g/mol. The molecule has 0 aromatic carbocycles. The normalized spacial score (nSPS) is 12.4. The van der Waals surface area contributed by atoms with E-state index < -0.39 is 31.3 Å². The van der Waals surface area contributed by atoms with Gasteiger partial charge in [-0.25, -0.2) is 0 Å². The first-order valence-corrected chi connectivity index (χ1v) is 5.45. The molecule has 6 nitrogen and oxygen atoms in total. The zero-order valence-electron chi connectivity index (χ0n) is 8.03. The summed E-state index contributed by atoms with van der Waals surface area (Å²) in [6.45, 7) is 0. The molecule has 16 heteroatoms. The third-order valence-corrected chi connectivity index (χ3v) is 1.75. The predicted molar refractivity (Wildman–Crippen MR) is 55.1 cm³/mol. The summed E-state index contributed by atoms with van der Waals surface area (Å²) in [5, 5.41) is 0. The van der Waals surface area contributed by atoms with E-state index in [4.69, 9.17) is 25.9 Å². The first kappa shape index (κ1) is 27.4. The number of halogens is 6. The Labute approximate surface area is 133 Å². The summed E-state index contributed by atoms with van der Waals surface area (Å²) < 4.78 is 115. The molecule has 0 aromatic rings. The fraction of sp³-hybridized carbons (Fsp3) is 1.00. The van der Waals surface area contributed by atoms with Crippen LogP contribution in [0.1, 0.15) is 0 Å². The topological polar surface area (TPSA) is 109 Å². The SMILES string of the molecule is O=S(=O)(O)C(F)(F)F.O=S(=O)(O)C(F)(F)F.[BiH3].[SbH3]. The number of hydrogen-bond donors (Lipinski definition) is 2. The number of hydrogen-bond acceptors (Lipinski definition) is 4. The quantitative estimate of drug-likeness (QED) is 0.144. The summed E-state index contributed by atoms with van der Waals surface area (Å²) >= 11 is 0. The Balaban J connectivity index is -0.0000000980. The van der Waals surface area contributed by atoms with Crippen LogP contribution in [0.4, 0.5) is 26.3 Å². The third-order valence-electron chi connectivity index (χ3n) is 0.585. The molecule has 0 amide bonds. The second-order valence-corrected chi connectivity index (χ2v) is 4.67. The standard InChI is InChI=1S/2CHF3O3S.Bi.Sb.6H/c2*2-1(3,4)8(5,6)7;;;;;;;;/h2*(H,5,6,7);;;;;;;;. The maximum atomic E-state index is 10.7. The molecule has 0 unspecified atom stereocenters. The van der Waals surface area contributed by atoms with Crippen LogP contribution in [0.5, 0.6) is 0 Å². The van der Waals surface area contributed by atoms with Gasteiger partial charge in [-0.05, 0) is 0 Å². The molecule has 0 aliphatic rings. The fourth-order valence-electron chi connectivity index (χ4n) is 0. The van der Waals surface area contributed by atoms with E-state index in [1.54, 1.807) is 0 Å². The zero-order valence-corrected chi connectivity index (χ0v) is 19.2. The minimum atomic E-state index is -5.84. The Bertz CT molecular complexity index is 380. The van der Waals surface area contributed by atoms with Crippen LogP contribution < -0.4 is 0 Å². The van der Waals surface area contributed by atoms with Crippen molar-refractivity contribution in [3.8, 4) is 0 Å². The molecule has 0 saturated carbocycles. The number of rotatable bonds is 0. The van der Waals surface area contributed by atoms with Gasteiger partial charge in [0, 0.05) is 0 Å². The van der Waals surface area contributed by atoms with Crippen LogP contribution >= 0.6 is 0 Å². The molecule has 0 fully saturated rings. The Morgan fingerprint density at radius 1 is 0.667 bits per heavy atom. The fourth-order valence-corrected chi connectivity index (χ4v) is 0. The van der Waals surface area contributed by atoms with Gasteiger partial charge in [0.15, 0.2) is 0 Å². The van der Waals surface area contributed by atoms with Crippen LogP contribution in [-0.4, -0.2) is 87.6 Å². The molecular weight excluding hydrogens is 629 g/mol. The van der Waals surface area contributed by atoms with Gasteiger partial charge in [0.05, 0.1) is 0 Å². The summed E-state index contributed by atoms with van der Waals surface area (Å²) in [5.41, 5.74) is -11.1. The van der Waals surface area contributed by atoms with Gasteiger partial charge >= 0.3 is 81.9 Å². The van der Waals surface area contributed by atoms with Crippen molar-refractivity contribution in [2.45, 2.75) is 11.0 Å². The van der Waals surface area contributed by atoms with E-state index in [9.17, 15) is 26.3 Å². The van der Waals surface area contributed by atoms with Gasteiger partial charge < -0.3 is 0 Å². The van der Waals surface area contributed by atoms with E-state index in [2.05, 4.69) is 0 Å². The van der Waals surface area contributed by atoms with Crippen LogP contribution in [0.25, 0.3) is 0 Å². The van der Waals surface area contributed by atoms with Crippen molar-refractivity contribution >= 4 is 70.9 Å². The van der Waals surface area contributed by atoms with E-state index in [-0.39, 0.29) is 50.6 Å². The van der Waals surface area contributed by atoms with Gasteiger partial charge in [-0.2, -0.15) is 43.2 Å². The van der Waals surface area contributed by atoms with Crippen LogP contribution in [0.3, 0.4) is 0 Å². The first-order chi connectivity index (χ1) is 6.50. The van der Waals surface area contributed by atoms with Crippen molar-refractivity contribution in [3.63, 3.8) is 0 Å². The third kappa shape index (κ3) is 12.2. The molecule has 116 valence electrons. The number of alkyl halides is 6. The van der Waals surface area contributed by atoms with Crippen molar-refractivity contribution < 1.29 is 52.3 Å². The Hall–Kier alpha value is 1.10. The zero-order chi connectivity index (χ0) is 14.0. The van der Waals surface area contributed by atoms with Crippen LogP contribution in [0.2, 0.25) is 0 Å². The van der Waals surface area contributed by atoms with E-state index in [0.717, 1.165) is 0 Å². The summed E-state index contributed by atoms with van der Waals surface area (Å²) in [6.07, 6.45) is 0. The Kier molecular flexibility index (Phi) is 12.8. The van der Waals surface area contributed by atoms with E-state index >= 15 is 0 Å². The van der Waals surface area contributed by atoms with Gasteiger partial charge in [-0.1, -0.05) is 0 Å². The molecule has 0 aromatic heterocycles. The van der Waals surface area contributed by atoms with E-state index in [1.807, 2.05) is 0 Å². The molecule has 0 radical (unpaired) electrons. The van der Waals surface area contributed by atoms with Gasteiger partial charge in [0.25, 0.3) is 0 Å². The van der Waals surface area contributed by atoms with Crippen molar-refractivity contribution in [3.05, 3.63) is 0 Å². The maximum absolute atomic E-state index is 10.7. The van der Waals surface area contributed by atoms with Gasteiger partial charge in [0.2, 0.25) is 0 Å². The van der Waals surface area contributed by atoms with Crippen LogP contribution in [-0.2, 0) is 20.2 Å². The average molecular weight is 637 g/mol. The first-order valence-electron chi connectivity index (χ1n) is 2.57.